The minimum atomic E-state index is 0.432. The maximum Gasteiger partial charge on any atom is 0.0668 e. The second kappa shape index (κ2) is 6.63. The summed E-state index contributed by atoms with van der Waals surface area (Å²) in [5.41, 5.74) is 2.77. The Labute approximate surface area is 131 Å². The number of rotatable bonds is 4. The van der Waals surface area contributed by atoms with Crippen LogP contribution in [0.4, 0.5) is 5.69 Å². The fourth-order valence-corrected chi connectivity index (χ4v) is 3.77. The van der Waals surface area contributed by atoms with Crippen LogP contribution >= 0.6 is 11.3 Å². The van der Waals surface area contributed by atoms with Crippen molar-refractivity contribution in [3.8, 4) is 0 Å². The molecule has 1 saturated heterocycles. The van der Waals surface area contributed by atoms with Crippen molar-refractivity contribution < 1.29 is 0 Å². The first kappa shape index (κ1) is 14.6. The molecule has 21 heavy (non-hydrogen) atoms. The molecule has 1 aliphatic heterocycles. The molecule has 0 radical (unpaired) electrons. The minimum Gasteiger partial charge on any atom is -0.361 e. The third kappa shape index (κ3) is 3.14. The van der Waals surface area contributed by atoms with Crippen LogP contribution in [0, 0.1) is 5.92 Å². The van der Waals surface area contributed by atoms with Gasteiger partial charge < -0.3 is 10.2 Å². The summed E-state index contributed by atoms with van der Waals surface area (Å²) in [5, 5.41) is 8.22. The van der Waals surface area contributed by atoms with Gasteiger partial charge in [-0.25, -0.2) is 0 Å². The van der Waals surface area contributed by atoms with Crippen molar-refractivity contribution >= 4 is 17.0 Å². The van der Waals surface area contributed by atoms with E-state index in [9.17, 15) is 0 Å². The van der Waals surface area contributed by atoms with Crippen molar-refractivity contribution in [1.82, 2.24) is 5.32 Å². The van der Waals surface area contributed by atoms with Crippen molar-refractivity contribution in [2.24, 2.45) is 5.92 Å². The van der Waals surface area contributed by atoms with Crippen molar-refractivity contribution in [3.05, 3.63) is 52.7 Å². The third-order valence-corrected chi connectivity index (χ3v) is 5.37. The summed E-state index contributed by atoms with van der Waals surface area (Å²) < 4.78 is 0. The van der Waals surface area contributed by atoms with Gasteiger partial charge in [-0.15, -0.1) is 0 Å². The van der Waals surface area contributed by atoms with Crippen LogP contribution in [-0.4, -0.2) is 19.1 Å². The topological polar surface area (TPSA) is 15.3 Å². The fraction of sp³-hybridized carbons (Fsp3) is 0.444. The molecule has 1 fully saturated rings. The number of nitrogens with one attached hydrogen (secondary N) is 1. The van der Waals surface area contributed by atoms with E-state index in [-0.39, 0.29) is 0 Å². The highest BCUT2D eigenvalue weighted by Gasteiger charge is 2.31. The number of piperazine rings is 1. The van der Waals surface area contributed by atoms with E-state index in [1.165, 1.54) is 17.7 Å². The maximum atomic E-state index is 3.77. The Morgan fingerprint density at radius 3 is 2.76 bits per heavy atom. The van der Waals surface area contributed by atoms with Gasteiger partial charge in [0.2, 0.25) is 0 Å². The molecule has 2 heterocycles. The van der Waals surface area contributed by atoms with E-state index in [1.54, 1.807) is 11.3 Å². The molecular formula is C18H24N2S. The number of hydrogen-bond donors (Lipinski definition) is 1. The highest BCUT2D eigenvalue weighted by molar-refractivity contribution is 7.08. The third-order valence-electron chi connectivity index (χ3n) is 4.70. The predicted octanol–water partition coefficient (Wildman–Crippen LogP) is 4.31. The van der Waals surface area contributed by atoms with Crippen LogP contribution in [0.5, 0.6) is 0 Å². The summed E-state index contributed by atoms with van der Waals surface area (Å²) in [6, 6.07) is 14.1. The van der Waals surface area contributed by atoms with E-state index < -0.39 is 0 Å². The summed E-state index contributed by atoms with van der Waals surface area (Å²) in [4.78, 5) is 2.58. The van der Waals surface area contributed by atoms with Gasteiger partial charge in [0, 0.05) is 30.2 Å². The number of thiophene rings is 1. The fourth-order valence-electron chi connectivity index (χ4n) is 3.12. The average Bonchev–Trinajstić information content (AvgIpc) is 3.09. The van der Waals surface area contributed by atoms with Crippen LogP contribution in [0.2, 0.25) is 0 Å². The monoisotopic (exact) mass is 300 g/mol. The van der Waals surface area contributed by atoms with Crippen LogP contribution in [0.1, 0.15) is 31.9 Å². The summed E-state index contributed by atoms with van der Waals surface area (Å²) in [7, 11) is 0. The quantitative estimate of drug-likeness (QED) is 0.905. The van der Waals surface area contributed by atoms with E-state index in [0.29, 0.717) is 18.0 Å². The summed E-state index contributed by atoms with van der Waals surface area (Å²) >= 11 is 1.78. The van der Waals surface area contributed by atoms with E-state index in [0.717, 1.165) is 13.1 Å². The largest absolute Gasteiger partial charge is 0.361 e. The molecule has 3 heteroatoms. The number of nitrogens with zero attached hydrogens (tertiary/aromatic N) is 1. The SMILES string of the molecule is CCC(C)C1CN(c2ccsc2)C(c2ccccc2)CN1. The Balaban J connectivity index is 1.86. The van der Waals surface area contributed by atoms with Crippen LogP contribution in [0.15, 0.2) is 47.2 Å². The molecule has 1 N–H and O–H groups in total. The lowest BCUT2D eigenvalue weighted by atomic mass is 9.93. The zero-order valence-corrected chi connectivity index (χ0v) is 13.6. The van der Waals surface area contributed by atoms with Crippen molar-refractivity contribution in [2.45, 2.75) is 32.4 Å². The Kier molecular flexibility index (Phi) is 4.61. The van der Waals surface area contributed by atoms with E-state index >= 15 is 0 Å². The first-order valence-corrected chi connectivity index (χ1v) is 8.81. The molecule has 3 rings (SSSR count). The second-order valence-electron chi connectivity index (χ2n) is 5.96. The van der Waals surface area contributed by atoms with Gasteiger partial charge >= 0.3 is 0 Å². The predicted molar refractivity (Wildman–Crippen MR) is 92.1 cm³/mol. The summed E-state index contributed by atoms with van der Waals surface area (Å²) in [6.45, 7) is 6.75. The van der Waals surface area contributed by atoms with Gasteiger partial charge in [0.25, 0.3) is 0 Å². The Hall–Kier alpha value is -1.32. The maximum absolute atomic E-state index is 3.77. The lowest BCUT2D eigenvalue weighted by Gasteiger charge is -2.43. The van der Waals surface area contributed by atoms with Gasteiger partial charge in [-0.1, -0.05) is 50.6 Å². The summed E-state index contributed by atoms with van der Waals surface area (Å²) in [6.07, 6.45) is 1.23. The molecule has 1 aromatic heterocycles. The molecule has 3 atom stereocenters. The Morgan fingerprint density at radius 2 is 2.10 bits per heavy atom. The van der Waals surface area contributed by atoms with E-state index in [2.05, 4.69) is 71.2 Å². The van der Waals surface area contributed by atoms with Gasteiger partial charge in [-0.3, -0.25) is 0 Å². The van der Waals surface area contributed by atoms with Crippen LogP contribution in [-0.2, 0) is 0 Å². The molecule has 2 nitrogen and oxygen atoms in total. The van der Waals surface area contributed by atoms with Gasteiger partial charge in [0.15, 0.2) is 0 Å². The molecule has 0 aliphatic carbocycles. The zero-order valence-electron chi connectivity index (χ0n) is 12.8. The minimum absolute atomic E-state index is 0.432. The number of hydrogen-bond acceptors (Lipinski definition) is 3. The molecule has 3 unspecified atom stereocenters. The molecule has 0 saturated carbocycles. The second-order valence-corrected chi connectivity index (χ2v) is 6.74. The normalized spacial score (nSPS) is 24.0. The highest BCUT2D eigenvalue weighted by atomic mass is 32.1. The Bertz CT molecular complexity index is 538. The van der Waals surface area contributed by atoms with Gasteiger partial charge in [0.1, 0.15) is 0 Å². The molecule has 0 spiro atoms. The molecule has 1 aliphatic rings. The molecule has 112 valence electrons. The lowest BCUT2D eigenvalue weighted by molar-refractivity contribution is 0.311. The smallest absolute Gasteiger partial charge is 0.0668 e. The van der Waals surface area contributed by atoms with Gasteiger partial charge in [0.05, 0.1) is 6.04 Å². The first-order valence-electron chi connectivity index (χ1n) is 7.86. The van der Waals surface area contributed by atoms with Gasteiger partial charge in [-0.2, -0.15) is 11.3 Å². The molecule has 0 bridgehead atoms. The number of benzene rings is 1. The average molecular weight is 300 g/mol. The molecule has 2 aromatic rings. The molecule has 0 amide bonds. The van der Waals surface area contributed by atoms with E-state index in [1.807, 2.05) is 0 Å². The lowest BCUT2D eigenvalue weighted by Crippen LogP contribution is -2.54. The van der Waals surface area contributed by atoms with Crippen LogP contribution in [0.25, 0.3) is 0 Å². The summed E-state index contributed by atoms with van der Waals surface area (Å²) in [5.74, 6) is 0.711. The molecule has 1 aromatic carbocycles. The van der Waals surface area contributed by atoms with Crippen LogP contribution in [0.3, 0.4) is 0 Å². The Morgan fingerprint density at radius 1 is 1.29 bits per heavy atom. The molecular weight excluding hydrogens is 276 g/mol. The van der Waals surface area contributed by atoms with Crippen molar-refractivity contribution in [2.75, 3.05) is 18.0 Å². The van der Waals surface area contributed by atoms with Crippen molar-refractivity contribution in [3.63, 3.8) is 0 Å². The highest BCUT2D eigenvalue weighted by Crippen LogP contribution is 2.32. The van der Waals surface area contributed by atoms with E-state index in [4.69, 9.17) is 0 Å². The van der Waals surface area contributed by atoms with Crippen LogP contribution < -0.4 is 10.2 Å². The van der Waals surface area contributed by atoms with Crippen molar-refractivity contribution in [1.29, 1.82) is 0 Å². The van der Waals surface area contributed by atoms with Gasteiger partial charge in [-0.05, 0) is 22.9 Å². The standard InChI is InChI=1S/C18H24N2S/c1-3-14(2)17-12-20(16-9-10-21-13-16)18(11-19-17)15-7-5-4-6-8-15/h4-10,13-14,17-19H,3,11-12H2,1-2H3. The zero-order chi connectivity index (χ0) is 14.7. The first-order chi connectivity index (χ1) is 10.3. The number of anilines is 1.